The van der Waals surface area contributed by atoms with Crippen molar-refractivity contribution >= 4 is 26.1 Å². The van der Waals surface area contributed by atoms with Crippen LogP contribution in [0.3, 0.4) is 0 Å². The number of hydrogen-bond donors (Lipinski definition) is 3. The Morgan fingerprint density at radius 2 is 2.03 bits per heavy atom. The number of benzene rings is 1. The van der Waals surface area contributed by atoms with Gasteiger partial charge in [0.1, 0.15) is 23.0 Å². The van der Waals surface area contributed by atoms with Crippen molar-refractivity contribution in [2.24, 2.45) is 5.92 Å². The number of rotatable bonds is 5. The summed E-state index contributed by atoms with van der Waals surface area (Å²) in [5.74, 6) is -2.47. The molecule has 7 nitrogen and oxygen atoms in total. The van der Waals surface area contributed by atoms with Gasteiger partial charge in [-0.15, -0.1) is 9.24 Å². The van der Waals surface area contributed by atoms with Crippen molar-refractivity contribution in [2.75, 3.05) is 11.9 Å². The van der Waals surface area contributed by atoms with Crippen molar-refractivity contribution in [2.45, 2.75) is 31.7 Å². The first kappa shape index (κ1) is 24.3. The third kappa shape index (κ3) is 4.83. The average Bonchev–Trinajstić information content (AvgIpc) is 2.80. The number of aromatic nitrogens is 2. The Kier molecular flexibility index (Phi) is 7.28. The topological polar surface area (TPSA) is 105 Å². The lowest BCUT2D eigenvalue weighted by Gasteiger charge is -2.38. The second-order valence-corrected chi connectivity index (χ2v) is 8.75. The first-order valence-electron chi connectivity index (χ1n) is 10.7. The normalized spacial score (nSPS) is 22.4. The number of aliphatic hydroxyl groups excluding tert-OH is 2. The molecule has 0 saturated carbocycles. The maximum absolute atomic E-state index is 14.5. The van der Waals surface area contributed by atoms with Crippen LogP contribution in [-0.2, 0) is 4.74 Å². The van der Waals surface area contributed by atoms with Crippen LogP contribution < -0.4 is 10.6 Å². The second kappa shape index (κ2) is 10.2. The SMILES string of the molecule is C[C@H]1O[C@@H](c2ccncc2NC(=O)c2ccc(F)c(-c3c(F)cccc3P)n2)C[C@@H](O)[C@H]1CO. The second-order valence-electron chi connectivity index (χ2n) is 8.13. The molecule has 10 heteroatoms. The van der Waals surface area contributed by atoms with Gasteiger partial charge in [0.05, 0.1) is 36.8 Å². The average molecular weight is 487 g/mol. The molecule has 34 heavy (non-hydrogen) atoms. The number of amides is 1. The number of aliphatic hydroxyl groups is 2. The summed E-state index contributed by atoms with van der Waals surface area (Å²) in [5, 5.41) is 23.0. The Labute approximate surface area is 197 Å². The molecular weight excluding hydrogens is 463 g/mol. The van der Waals surface area contributed by atoms with E-state index in [2.05, 4.69) is 24.5 Å². The Bertz CT molecular complexity index is 1180. The van der Waals surface area contributed by atoms with E-state index in [4.69, 9.17) is 4.74 Å². The molecule has 3 heterocycles. The van der Waals surface area contributed by atoms with Crippen LogP contribution in [-0.4, -0.2) is 44.9 Å². The number of anilines is 1. The van der Waals surface area contributed by atoms with Crippen molar-refractivity contribution < 1.29 is 28.5 Å². The summed E-state index contributed by atoms with van der Waals surface area (Å²) in [4.78, 5) is 21.1. The number of nitrogens with one attached hydrogen (secondary N) is 1. The molecule has 1 aliphatic rings. The highest BCUT2D eigenvalue weighted by molar-refractivity contribution is 7.28. The Balaban J connectivity index is 1.62. The summed E-state index contributed by atoms with van der Waals surface area (Å²) in [6.45, 7) is 1.57. The molecule has 0 spiro atoms. The standard InChI is InChI=1S/C24H24F2N3O4P/c1-12-14(11-30)19(31)9-20(33-12)13-7-8-27-10-18(13)29-24(32)17-6-5-16(26)23(28-17)22-15(25)3-2-4-21(22)34/h2-8,10,12,14,19-20,30-31H,9,11,34H2,1H3,(H,29,32)/t12-,14+,19-,20-/m1/s1. The maximum atomic E-state index is 14.5. The Morgan fingerprint density at radius 3 is 2.74 bits per heavy atom. The zero-order chi connectivity index (χ0) is 24.4. The molecule has 4 rings (SSSR count). The van der Waals surface area contributed by atoms with Crippen LogP contribution in [0.2, 0.25) is 0 Å². The van der Waals surface area contributed by atoms with Gasteiger partial charge in [0.25, 0.3) is 5.91 Å². The van der Waals surface area contributed by atoms with Gasteiger partial charge < -0.3 is 20.3 Å². The quantitative estimate of drug-likeness (QED) is 0.478. The highest BCUT2D eigenvalue weighted by Crippen LogP contribution is 2.37. The molecule has 1 unspecified atom stereocenters. The molecule has 1 amide bonds. The van der Waals surface area contributed by atoms with Crippen LogP contribution in [0, 0.1) is 17.6 Å². The summed E-state index contributed by atoms with van der Waals surface area (Å²) in [5.41, 5.74) is 0.500. The van der Waals surface area contributed by atoms with Gasteiger partial charge in [-0.2, -0.15) is 0 Å². The van der Waals surface area contributed by atoms with E-state index < -0.39 is 41.8 Å². The minimum Gasteiger partial charge on any atom is -0.396 e. The Hall–Kier alpha value is -2.84. The highest BCUT2D eigenvalue weighted by atomic mass is 31.0. The maximum Gasteiger partial charge on any atom is 0.274 e. The third-order valence-corrected chi connectivity index (χ3v) is 6.43. The van der Waals surface area contributed by atoms with Crippen molar-refractivity contribution in [3.63, 3.8) is 0 Å². The summed E-state index contributed by atoms with van der Waals surface area (Å²) in [6, 6.07) is 8.23. The molecule has 0 aliphatic carbocycles. The molecule has 1 aromatic carbocycles. The first-order valence-corrected chi connectivity index (χ1v) is 11.3. The van der Waals surface area contributed by atoms with Gasteiger partial charge in [0.15, 0.2) is 0 Å². The van der Waals surface area contributed by atoms with Gasteiger partial charge >= 0.3 is 0 Å². The number of carbonyl (C=O) groups is 1. The van der Waals surface area contributed by atoms with Gasteiger partial charge in [0, 0.05) is 29.7 Å². The van der Waals surface area contributed by atoms with Gasteiger partial charge in [-0.25, -0.2) is 13.8 Å². The molecule has 1 saturated heterocycles. The Morgan fingerprint density at radius 1 is 1.24 bits per heavy atom. The van der Waals surface area contributed by atoms with Gasteiger partial charge in [-0.1, -0.05) is 12.1 Å². The fourth-order valence-electron chi connectivity index (χ4n) is 4.10. The number of nitrogens with zero attached hydrogens (tertiary/aromatic N) is 2. The number of carbonyl (C=O) groups excluding carboxylic acids is 1. The van der Waals surface area contributed by atoms with Gasteiger partial charge in [-0.05, 0) is 36.5 Å². The zero-order valence-corrected chi connectivity index (χ0v) is 19.4. The van der Waals surface area contributed by atoms with Crippen LogP contribution in [0.15, 0.2) is 48.8 Å². The van der Waals surface area contributed by atoms with E-state index >= 15 is 0 Å². The smallest absolute Gasteiger partial charge is 0.274 e. The lowest BCUT2D eigenvalue weighted by Crippen LogP contribution is -2.41. The summed E-state index contributed by atoms with van der Waals surface area (Å²) in [7, 11) is 2.33. The number of hydrogen-bond acceptors (Lipinski definition) is 6. The van der Waals surface area contributed by atoms with Gasteiger partial charge in [0.2, 0.25) is 0 Å². The van der Waals surface area contributed by atoms with E-state index in [0.717, 1.165) is 6.07 Å². The number of ether oxygens (including phenoxy) is 1. The largest absolute Gasteiger partial charge is 0.396 e. The fourth-order valence-corrected chi connectivity index (χ4v) is 4.49. The van der Waals surface area contributed by atoms with E-state index in [1.165, 1.54) is 30.6 Å². The molecule has 1 aliphatic heterocycles. The van der Waals surface area contributed by atoms with E-state index in [1.807, 2.05) is 0 Å². The number of pyridine rings is 2. The monoisotopic (exact) mass is 487 g/mol. The van der Waals surface area contributed by atoms with Crippen LogP contribution in [0.1, 0.15) is 35.5 Å². The van der Waals surface area contributed by atoms with Crippen molar-refractivity contribution in [3.8, 4) is 11.3 Å². The predicted octanol–water partition coefficient (Wildman–Crippen LogP) is 2.99. The van der Waals surface area contributed by atoms with Gasteiger partial charge in [-0.3, -0.25) is 9.78 Å². The number of halogens is 2. The molecule has 5 atom stereocenters. The molecule has 0 radical (unpaired) electrons. The molecular formula is C24H24F2N3O4P. The molecule has 3 N–H and O–H groups in total. The third-order valence-electron chi connectivity index (χ3n) is 5.95. The lowest BCUT2D eigenvalue weighted by atomic mass is 9.87. The first-order chi connectivity index (χ1) is 16.3. The van der Waals surface area contributed by atoms with Crippen LogP contribution in [0.4, 0.5) is 14.5 Å². The fraction of sp³-hybridized carbons (Fsp3) is 0.292. The molecule has 3 aromatic rings. The van der Waals surface area contributed by atoms with Crippen molar-refractivity contribution in [1.82, 2.24) is 9.97 Å². The highest BCUT2D eigenvalue weighted by Gasteiger charge is 2.36. The lowest BCUT2D eigenvalue weighted by molar-refractivity contribution is -0.141. The van der Waals surface area contributed by atoms with Crippen LogP contribution in [0.5, 0.6) is 0 Å². The molecule has 0 bridgehead atoms. The van der Waals surface area contributed by atoms with Crippen LogP contribution >= 0.6 is 9.24 Å². The molecule has 2 aromatic heterocycles. The molecule has 1 fully saturated rings. The summed E-state index contributed by atoms with van der Waals surface area (Å²) >= 11 is 0. The summed E-state index contributed by atoms with van der Waals surface area (Å²) < 4.78 is 34.9. The zero-order valence-electron chi connectivity index (χ0n) is 18.3. The van der Waals surface area contributed by atoms with Crippen LogP contribution in [0.25, 0.3) is 11.3 Å². The van der Waals surface area contributed by atoms with E-state index in [0.29, 0.717) is 16.6 Å². The van der Waals surface area contributed by atoms with Crippen molar-refractivity contribution in [1.29, 1.82) is 0 Å². The van der Waals surface area contributed by atoms with E-state index in [1.54, 1.807) is 19.1 Å². The predicted molar refractivity (Wildman–Crippen MR) is 126 cm³/mol. The van der Waals surface area contributed by atoms with E-state index in [9.17, 15) is 23.8 Å². The molecule has 178 valence electrons. The van der Waals surface area contributed by atoms with Crippen molar-refractivity contribution in [3.05, 3.63) is 71.7 Å². The minimum absolute atomic E-state index is 0.0428. The van der Waals surface area contributed by atoms with E-state index in [-0.39, 0.29) is 30.0 Å². The minimum atomic E-state index is -0.779. The summed E-state index contributed by atoms with van der Waals surface area (Å²) in [6.07, 6.45) is 1.48.